The van der Waals surface area contributed by atoms with Crippen LogP contribution >= 0.6 is 11.6 Å². The van der Waals surface area contributed by atoms with Crippen LogP contribution < -0.4 is 15.4 Å². The summed E-state index contributed by atoms with van der Waals surface area (Å²) >= 11 is 5.95. The van der Waals surface area contributed by atoms with Crippen molar-refractivity contribution in [1.82, 2.24) is 4.31 Å². The van der Waals surface area contributed by atoms with E-state index in [1.807, 2.05) is 6.92 Å². The van der Waals surface area contributed by atoms with E-state index in [0.717, 1.165) is 9.87 Å². The number of rotatable bonds is 7. The summed E-state index contributed by atoms with van der Waals surface area (Å²) in [5, 5.41) is 6.15. The molecule has 0 spiro atoms. The van der Waals surface area contributed by atoms with Crippen molar-refractivity contribution in [2.75, 3.05) is 38.4 Å². The third-order valence-corrected chi connectivity index (χ3v) is 5.91. The zero-order valence-corrected chi connectivity index (χ0v) is 17.1. The van der Waals surface area contributed by atoms with Gasteiger partial charge in [0.25, 0.3) is 0 Å². The first-order chi connectivity index (χ1) is 12.6. The molecule has 0 aromatic heterocycles. The zero-order chi connectivity index (χ0) is 20.2. The highest BCUT2D eigenvalue weighted by molar-refractivity contribution is 7.89. The fourth-order valence-electron chi connectivity index (χ4n) is 2.31. The average Bonchev–Trinajstić information content (AvgIpc) is 2.61. The van der Waals surface area contributed by atoms with Crippen LogP contribution in [0, 0.1) is 6.92 Å². The number of halogens is 1. The van der Waals surface area contributed by atoms with Crippen molar-refractivity contribution < 1.29 is 17.9 Å². The van der Waals surface area contributed by atoms with Gasteiger partial charge >= 0.3 is 0 Å². The van der Waals surface area contributed by atoms with Gasteiger partial charge < -0.3 is 15.4 Å². The SMILES string of the molecule is COc1ccc(Cl)cc1NC(=O)CNc1cc(S(=O)(=O)N(C)C)ccc1C. The molecule has 0 aliphatic rings. The van der Waals surface area contributed by atoms with Crippen molar-refractivity contribution in [3.05, 3.63) is 47.0 Å². The first-order valence-corrected chi connectivity index (χ1v) is 9.87. The van der Waals surface area contributed by atoms with Crippen LogP contribution in [0.2, 0.25) is 5.02 Å². The highest BCUT2D eigenvalue weighted by Crippen LogP contribution is 2.27. The van der Waals surface area contributed by atoms with Crippen LogP contribution in [0.15, 0.2) is 41.3 Å². The Kier molecular flexibility index (Phi) is 6.69. The highest BCUT2D eigenvalue weighted by Gasteiger charge is 2.18. The first-order valence-electron chi connectivity index (χ1n) is 8.05. The number of amides is 1. The molecule has 2 aromatic rings. The Bertz CT molecular complexity index is 946. The fourth-order valence-corrected chi connectivity index (χ4v) is 3.41. The van der Waals surface area contributed by atoms with Crippen molar-refractivity contribution in [2.45, 2.75) is 11.8 Å². The molecule has 0 aliphatic heterocycles. The normalized spacial score (nSPS) is 11.3. The van der Waals surface area contributed by atoms with Gasteiger partial charge in [-0.25, -0.2) is 12.7 Å². The van der Waals surface area contributed by atoms with Crippen LogP contribution in [0.3, 0.4) is 0 Å². The van der Waals surface area contributed by atoms with E-state index in [4.69, 9.17) is 16.3 Å². The number of aryl methyl sites for hydroxylation is 1. The average molecular weight is 412 g/mol. The smallest absolute Gasteiger partial charge is 0.243 e. The lowest BCUT2D eigenvalue weighted by Gasteiger charge is -2.15. The van der Waals surface area contributed by atoms with Crippen LogP contribution in [-0.4, -0.2) is 46.4 Å². The lowest BCUT2D eigenvalue weighted by atomic mass is 10.2. The Labute approximate surface area is 164 Å². The molecule has 0 bridgehead atoms. The number of carbonyl (C=O) groups excluding carboxylic acids is 1. The second-order valence-corrected chi connectivity index (χ2v) is 8.60. The quantitative estimate of drug-likeness (QED) is 0.731. The Morgan fingerprint density at radius 1 is 1.15 bits per heavy atom. The molecule has 27 heavy (non-hydrogen) atoms. The van der Waals surface area contributed by atoms with Crippen molar-refractivity contribution >= 4 is 38.9 Å². The summed E-state index contributed by atoms with van der Waals surface area (Å²) in [5.74, 6) is 0.166. The number of methoxy groups -OCH3 is 1. The molecule has 0 saturated carbocycles. The predicted octanol–water partition coefficient (Wildman–Crippen LogP) is 2.96. The lowest BCUT2D eigenvalue weighted by Crippen LogP contribution is -2.24. The van der Waals surface area contributed by atoms with Gasteiger partial charge in [-0.05, 0) is 42.8 Å². The fraction of sp³-hybridized carbons (Fsp3) is 0.278. The van der Waals surface area contributed by atoms with Gasteiger partial charge in [-0.15, -0.1) is 0 Å². The van der Waals surface area contributed by atoms with Gasteiger partial charge in [0.1, 0.15) is 5.75 Å². The summed E-state index contributed by atoms with van der Waals surface area (Å²) in [6, 6.07) is 9.65. The van der Waals surface area contributed by atoms with E-state index in [-0.39, 0.29) is 17.3 Å². The minimum absolute atomic E-state index is 0.0536. The maximum Gasteiger partial charge on any atom is 0.243 e. The molecule has 0 atom stereocenters. The Balaban J connectivity index is 2.13. The minimum atomic E-state index is -3.56. The van der Waals surface area contributed by atoms with E-state index in [1.54, 1.807) is 24.3 Å². The number of carbonyl (C=O) groups is 1. The topological polar surface area (TPSA) is 87.7 Å². The van der Waals surface area contributed by atoms with Gasteiger partial charge in [0.05, 0.1) is 24.2 Å². The molecule has 0 saturated heterocycles. The third kappa shape index (κ3) is 5.12. The summed E-state index contributed by atoms with van der Waals surface area (Å²) in [7, 11) is 0.875. The molecule has 0 aliphatic carbocycles. The van der Waals surface area contributed by atoms with Gasteiger partial charge in [-0.3, -0.25) is 4.79 Å². The molecule has 2 N–H and O–H groups in total. The second-order valence-electron chi connectivity index (χ2n) is 6.01. The number of nitrogens with one attached hydrogen (secondary N) is 2. The number of hydrogen-bond donors (Lipinski definition) is 2. The van der Waals surface area contributed by atoms with E-state index < -0.39 is 10.0 Å². The minimum Gasteiger partial charge on any atom is -0.495 e. The summed E-state index contributed by atoms with van der Waals surface area (Å²) in [5.41, 5.74) is 1.84. The van der Waals surface area contributed by atoms with E-state index in [2.05, 4.69) is 10.6 Å². The molecule has 146 valence electrons. The van der Waals surface area contributed by atoms with E-state index in [1.165, 1.54) is 33.3 Å². The Morgan fingerprint density at radius 2 is 1.85 bits per heavy atom. The van der Waals surface area contributed by atoms with Crippen molar-refractivity contribution in [1.29, 1.82) is 0 Å². The summed E-state index contributed by atoms with van der Waals surface area (Å²) in [6.07, 6.45) is 0. The molecule has 7 nitrogen and oxygen atoms in total. The number of anilines is 2. The largest absolute Gasteiger partial charge is 0.495 e. The van der Waals surface area contributed by atoms with E-state index >= 15 is 0 Å². The molecule has 0 fully saturated rings. The summed E-state index contributed by atoms with van der Waals surface area (Å²) in [4.78, 5) is 12.4. The van der Waals surface area contributed by atoms with Crippen LogP contribution in [0.1, 0.15) is 5.56 Å². The van der Waals surface area contributed by atoms with Gasteiger partial charge in [0, 0.05) is 24.8 Å². The first kappa shape index (κ1) is 21.0. The monoisotopic (exact) mass is 411 g/mol. The van der Waals surface area contributed by atoms with Gasteiger partial charge in [0.2, 0.25) is 15.9 Å². The highest BCUT2D eigenvalue weighted by atomic mass is 35.5. The van der Waals surface area contributed by atoms with E-state index in [9.17, 15) is 13.2 Å². The third-order valence-electron chi connectivity index (χ3n) is 3.86. The summed E-state index contributed by atoms with van der Waals surface area (Å²) < 4.78 is 30.9. The Hall–Kier alpha value is -2.29. The van der Waals surface area contributed by atoms with Crippen LogP contribution in [0.5, 0.6) is 5.75 Å². The number of nitrogens with zero attached hydrogens (tertiary/aromatic N) is 1. The molecular formula is C18H22ClN3O4S. The number of ether oxygens (including phenoxy) is 1. The molecule has 1 amide bonds. The number of sulfonamides is 1. The zero-order valence-electron chi connectivity index (χ0n) is 15.5. The molecule has 0 heterocycles. The van der Waals surface area contributed by atoms with Crippen LogP contribution in [0.4, 0.5) is 11.4 Å². The number of hydrogen-bond acceptors (Lipinski definition) is 5. The lowest BCUT2D eigenvalue weighted by molar-refractivity contribution is -0.114. The van der Waals surface area contributed by atoms with Crippen molar-refractivity contribution in [3.63, 3.8) is 0 Å². The maximum absolute atomic E-state index is 12.3. The van der Waals surface area contributed by atoms with Crippen LogP contribution in [-0.2, 0) is 14.8 Å². The molecule has 2 aromatic carbocycles. The molecule has 2 rings (SSSR count). The van der Waals surface area contributed by atoms with Gasteiger partial charge in [-0.1, -0.05) is 17.7 Å². The molecule has 0 unspecified atom stereocenters. The molecule has 0 radical (unpaired) electrons. The molecule has 9 heteroatoms. The summed E-state index contributed by atoms with van der Waals surface area (Å²) in [6.45, 7) is 1.77. The van der Waals surface area contributed by atoms with Crippen LogP contribution in [0.25, 0.3) is 0 Å². The van der Waals surface area contributed by atoms with Crippen molar-refractivity contribution in [2.24, 2.45) is 0 Å². The van der Waals surface area contributed by atoms with Gasteiger partial charge in [-0.2, -0.15) is 0 Å². The second kappa shape index (κ2) is 8.60. The maximum atomic E-state index is 12.3. The van der Waals surface area contributed by atoms with E-state index in [0.29, 0.717) is 22.1 Å². The predicted molar refractivity (Wildman–Crippen MR) is 107 cm³/mol. The van der Waals surface area contributed by atoms with Gasteiger partial charge in [0.15, 0.2) is 0 Å². The number of benzene rings is 2. The van der Waals surface area contributed by atoms with Crippen molar-refractivity contribution in [3.8, 4) is 5.75 Å². The Morgan fingerprint density at radius 3 is 2.48 bits per heavy atom. The molecular weight excluding hydrogens is 390 g/mol. The standard InChI is InChI=1S/C18H22ClN3O4S/c1-12-5-7-14(27(24,25)22(2)3)10-15(12)20-11-18(23)21-16-9-13(19)6-8-17(16)26-4/h5-10,20H,11H2,1-4H3,(H,21,23).